The number of rotatable bonds is 5. The molecule has 0 fully saturated rings. The van der Waals surface area contributed by atoms with Gasteiger partial charge in [0.25, 0.3) is 5.91 Å². The first-order valence-electron chi connectivity index (χ1n) is 5.83. The summed E-state index contributed by atoms with van der Waals surface area (Å²) in [4.78, 5) is 12.0. The van der Waals surface area contributed by atoms with Gasteiger partial charge in [0.1, 0.15) is 5.82 Å². The molecule has 0 radical (unpaired) electrons. The summed E-state index contributed by atoms with van der Waals surface area (Å²) in [7, 11) is 0. The molecule has 5 heteroatoms. The van der Waals surface area contributed by atoms with E-state index in [2.05, 4.69) is 21.2 Å². The van der Waals surface area contributed by atoms with E-state index in [0.717, 1.165) is 0 Å². The quantitative estimate of drug-likeness (QED) is 0.877. The van der Waals surface area contributed by atoms with Crippen molar-refractivity contribution in [2.45, 2.75) is 26.3 Å². The van der Waals surface area contributed by atoms with Gasteiger partial charge in [-0.2, -0.15) is 0 Å². The molecule has 0 bridgehead atoms. The zero-order valence-electron chi connectivity index (χ0n) is 10.4. The molecule has 0 aliphatic carbocycles. The predicted octanol–water partition coefficient (Wildman–Crippen LogP) is 2.73. The first-order chi connectivity index (χ1) is 8.47. The minimum Gasteiger partial charge on any atom is -0.396 e. The van der Waals surface area contributed by atoms with Crippen LogP contribution in [0.2, 0.25) is 0 Å². The highest BCUT2D eigenvalue weighted by atomic mass is 79.9. The fraction of sp³-hybridized carbons (Fsp3) is 0.462. The summed E-state index contributed by atoms with van der Waals surface area (Å²) in [6.07, 6.45) is 0.457. The van der Waals surface area contributed by atoms with Crippen LogP contribution < -0.4 is 5.32 Å². The molecule has 0 saturated carbocycles. The lowest BCUT2D eigenvalue weighted by molar-refractivity contribution is 0.0912. The number of halogens is 2. The monoisotopic (exact) mass is 317 g/mol. The largest absolute Gasteiger partial charge is 0.396 e. The van der Waals surface area contributed by atoms with Crippen molar-refractivity contribution in [2.24, 2.45) is 5.92 Å². The third-order valence-electron chi connectivity index (χ3n) is 2.76. The van der Waals surface area contributed by atoms with E-state index in [-0.39, 0.29) is 28.6 Å². The molecule has 3 nitrogen and oxygen atoms in total. The third kappa shape index (κ3) is 3.78. The minimum absolute atomic E-state index is 0.00737. The van der Waals surface area contributed by atoms with Crippen LogP contribution >= 0.6 is 15.9 Å². The van der Waals surface area contributed by atoms with Crippen molar-refractivity contribution < 1.29 is 14.3 Å². The molecule has 0 aliphatic heterocycles. The van der Waals surface area contributed by atoms with E-state index in [1.165, 1.54) is 6.07 Å². The molecule has 1 amide bonds. The highest BCUT2D eigenvalue weighted by Gasteiger charge is 2.19. The van der Waals surface area contributed by atoms with E-state index in [1.54, 1.807) is 12.1 Å². The van der Waals surface area contributed by atoms with Crippen molar-refractivity contribution >= 4 is 21.8 Å². The highest BCUT2D eigenvalue weighted by molar-refractivity contribution is 9.10. The zero-order chi connectivity index (χ0) is 13.7. The smallest absolute Gasteiger partial charge is 0.254 e. The Kier molecular flexibility index (Phi) is 5.75. The molecule has 100 valence electrons. The van der Waals surface area contributed by atoms with Crippen LogP contribution in [0.5, 0.6) is 0 Å². The summed E-state index contributed by atoms with van der Waals surface area (Å²) in [5, 5.41) is 11.7. The molecule has 18 heavy (non-hydrogen) atoms. The normalized spacial score (nSPS) is 12.6. The molecule has 0 heterocycles. The van der Waals surface area contributed by atoms with Gasteiger partial charge in [0.05, 0.1) is 10.0 Å². The van der Waals surface area contributed by atoms with E-state index >= 15 is 0 Å². The van der Waals surface area contributed by atoms with Crippen molar-refractivity contribution in [3.05, 3.63) is 34.1 Å². The Morgan fingerprint density at radius 3 is 2.72 bits per heavy atom. The van der Waals surface area contributed by atoms with Crippen LogP contribution in [-0.4, -0.2) is 23.7 Å². The summed E-state index contributed by atoms with van der Waals surface area (Å²) in [5.41, 5.74) is 0.00737. The van der Waals surface area contributed by atoms with Gasteiger partial charge in [-0.05, 0) is 40.4 Å². The molecule has 2 N–H and O–H groups in total. The summed E-state index contributed by atoms with van der Waals surface area (Å²) in [5.74, 6) is -0.848. The molecule has 1 rings (SSSR count). The average molecular weight is 318 g/mol. The fourth-order valence-corrected chi connectivity index (χ4v) is 2.00. The van der Waals surface area contributed by atoms with E-state index in [1.807, 2.05) is 13.8 Å². The van der Waals surface area contributed by atoms with Gasteiger partial charge in [0.2, 0.25) is 0 Å². The average Bonchev–Trinajstić information content (AvgIpc) is 2.31. The SMILES string of the molecule is CC(C)C(CCO)NC(=O)c1cccc(Br)c1F. The van der Waals surface area contributed by atoms with Crippen molar-refractivity contribution in [1.29, 1.82) is 0 Å². The van der Waals surface area contributed by atoms with Gasteiger partial charge < -0.3 is 10.4 Å². The van der Waals surface area contributed by atoms with Crippen molar-refractivity contribution in [3.63, 3.8) is 0 Å². The molecule has 0 aromatic heterocycles. The minimum atomic E-state index is -0.568. The summed E-state index contributed by atoms with van der Waals surface area (Å²) in [6, 6.07) is 4.42. The number of benzene rings is 1. The second-order valence-electron chi connectivity index (χ2n) is 4.44. The fourth-order valence-electron chi connectivity index (χ4n) is 1.64. The topological polar surface area (TPSA) is 49.3 Å². The zero-order valence-corrected chi connectivity index (χ0v) is 12.0. The second-order valence-corrected chi connectivity index (χ2v) is 5.29. The van der Waals surface area contributed by atoms with Gasteiger partial charge in [-0.15, -0.1) is 0 Å². The Labute approximate surface area is 115 Å². The van der Waals surface area contributed by atoms with Crippen LogP contribution in [0.15, 0.2) is 22.7 Å². The number of hydrogen-bond acceptors (Lipinski definition) is 2. The van der Waals surface area contributed by atoms with E-state index in [4.69, 9.17) is 5.11 Å². The Morgan fingerprint density at radius 2 is 2.17 bits per heavy atom. The number of aliphatic hydroxyl groups excluding tert-OH is 1. The molecule has 1 atom stereocenters. The van der Waals surface area contributed by atoms with Crippen molar-refractivity contribution in [1.82, 2.24) is 5.32 Å². The molecular weight excluding hydrogens is 301 g/mol. The number of aliphatic hydroxyl groups is 1. The standard InChI is InChI=1S/C13H17BrFNO2/c1-8(2)11(6-7-17)16-13(18)9-4-3-5-10(14)12(9)15/h3-5,8,11,17H,6-7H2,1-2H3,(H,16,18). The Hall–Kier alpha value is -0.940. The third-order valence-corrected chi connectivity index (χ3v) is 3.37. The van der Waals surface area contributed by atoms with Crippen LogP contribution in [0.1, 0.15) is 30.6 Å². The molecule has 0 saturated heterocycles. The number of amides is 1. The van der Waals surface area contributed by atoms with Gasteiger partial charge >= 0.3 is 0 Å². The van der Waals surface area contributed by atoms with Crippen molar-refractivity contribution in [2.75, 3.05) is 6.61 Å². The predicted molar refractivity (Wildman–Crippen MR) is 71.9 cm³/mol. The molecule has 0 spiro atoms. The van der Waals surface area contributed by atoms with Crippen molar-refractivity contribution in [3.8, 4) is 0 Å². The lowest BCUT2D eigenvalue weighted by Gasteiger charge is -2.21. The van der Waals surface area contributed by atoms with E-state index in [0.29, 0.717) is 6.42 Å². The van der Waals surface area contributed by atoms with Gasteiger partial charge in [0, 0.05) is 12.6 Å². The summed E-state index contributed by atoms with van der Waals surface area (Å²) in [6.45, 7) is 3.87. The van der Waals surface area contributed by atoms with Gasteiger partial charge in [-0.1, -0.05) is 19.9 Å². The lowest BCUT2D eigenvalue weighted by Crippen LogP contribution is -2.39. The second kappa shape index (κ2) is 6.85. The van der Waals surface area contributed by atoms with E-state index < -0.39 is 11.7 Å². The summed E-state index contributed by atoms with van der Waals surface area (Å²) >= 11 is 3.05. The Bertz CT molecular complexity index is 423. The first kappa shape index (κ1) is 15.1. The Morgan fingerprint density at radius 1 is 1.50 bits per heavy atom. The molecule has 1 aromatic rings. The maximum Gasteiger partial charge on any atom is 0.254 e. The lowest BCUT2D eigenvalue weighted by atomic mass is 10.0. The number of carbonyl (C=O) groups excluding carboxylic acids is 1. The van der Waals surface area contributed by atoms with Gasteiger partial charge in [-0.25, -0.2) is 4.39 Å². The van der Waals surface area contributed by atoms with Crippen LogP contribution in [0.25, 0.3) is 0 Å². The number of carbonyl (C=O) groups is 1. The maximum atomic E-state index is 13.7. The maximum absolute atomic E-state index is 13.7. The van der Waals surface area contributed by atoms with Crippen LogP contribution in [0, 0.1) is 11.7 Å². The van der Waals surface area contributed by atoms with Crippen LogP contribution in [-0.2, 0) is 0 Å². The molecule has 1 aromatic carbocycles. The number of hydrogen-bond donors (Lipinski definition) is 2. The van der Waals surface area contributed by atoms with E-state index in [9.17, 15) is 9.18 Å². The first-order valence-corrected chi connectivity index (χ1v) is 6.62. The van der Waals surface area contributed by atoms with Gasteiger partial charge in [-0.3, -0.25) is 4.79 Å². The summed E-state index contributed by atoms with van der Waals surface area (Å²) < 4.78 is 14.0. The van der Waals surface area contributed by atoms with Crippen LogP contribution in [0.4, 0.5) is 4.39 Å². The molecule has 0 aliphatic rings. The number of nitrogens with one attached hydrogen (secondary N) is 1. The molecular formula is C13H17BrFNO2. The molecule has 1 unspecified atom stereocenters. The highest BCUT2D eigenvalue weighted by Crippen LogP contribution is 2.19. The Balaban J connectivity index is 2.84. The van der Waals surface area contributed by atoms with Gasteiger partial charge in [0.15, 0.2) is 0 Å². The van der Waals surface area contributed by atoms with Crippen LogP contribution in [0.3, 0.4) is 0 Å².